The summed E-state index contributed by atoms with van der Waals surface area (Å²) in [5.41, 5.74) is 0.821. The summed E-state index contributed by atoms with van der Waals surface area (Å²) in [6.07, 6.45) is -0.552. The maximum absolute atomic E-state index is 11.0. The largest absolute Gasteiger partial charge is 0.445 e. The predicted octanol–water partition coefficient (Wildman–Crippen LogP) is 1.56. The molecule has 82 valence electrons. The number of hydrogen-bond donors (Lipinski definition) is 2. The first-order valence-corrected chi connectivity index (χ1v) is 4.86. The minimum atomic E-state index is -0.552. The van der Waals surface area contributed by atoms with Gasteiger partial charge < -0.3 is 15.2 Å². The van der Waals surface area contributed by atoms with Crippen molar-refractivity contribution in [3.63, 3.8) is 0 Å². The van der Waals surface area contributed by atoms with Crippen LogP contribution in [0.5, 0.6) is 0 Å². The van der Waals surface area contributed by atoms with Gasteiger partial charge in [-0.1, -0.05) is 23.7 Å². The Morgan fingerprint density at radius 3 is 3.00 bits per heavy atom. The van der Waals surface area contributed by atoms with Gasteiger partial charge in [0.2, 0.25) is 0 Å². The van der Waals surface area contributed by atoms with E-state index in [1.54, 1.807) is 18.2 Å². The van der Waals surface area contributed by atoms with E-state index in [2.05, 4.69) is 5.32 Å². The van der Waals surface area contributed by atoms with Gasteiger partial charge in [-0.15, -0.1) is 0 Å². The molecular formula is C10H12ClNO3. The summed E-state index contributed by atoms with van der Waals surface area (Å²) in [5, 5.41) is 11.4. The van der Waals surface area contributed by atoms with Crippen molar-refractivity contribution in [1.82, 2.24) is 5.32 Å². The summed E-state index contributed by atoms with van der Waals surface area (Å²) in [6.45, 7) is 0.248. The van der Waals surface area contributed by atoms with E-state index in [0.29, 0.717) is 5.02 Å². The van der Waals surface area contributed by atoms with Crippen LogP contribution in [0.2, 0.25) is 5.02 Å². The molecule has 0 aliphatic rings. The van der Waals surface area contributed by atoms with Crippen LogP contribution in [0.1, 0.15) is 5.56 Å². The lowest BCUT2D eigenvalue weighted by Gasteiger charge is -2.05. The van der Waals surface area contributed by atoms with Crippen LogP contribution < -0.4 is 5.32 Å². The number of carbonyl (C=O) groups is 1. The average molecular weight is 230 g/mol. The second-order valence-corrected chi connectivity index (χ2v) is 3.29. The monoisotopic (exact) mass is 229 g/mol. The number of aliphatic hydroxyl groups is 1. The van der Waals surface area contributed by atoms with Crippen molar-refractivity contribution in [3.05, 3.63) is 34.9 Å². The molecule has 0 saturated heterocycles. The number of ether oxygens (including phenoxy) is 1. The molecule has 1 aromatic carbocycles. The number of carbonyl (C=O) groups excluding carboxylic acids is 1. The topological polar surface area (TPSA) is 58.6 Å². The second kappa shape index (κ2) is 6.27. The Morgan fingerprint density at radius 1 is 1.53 bits per heavy atom. The molecule has 2 N–H and O–H groups in total. The van der Waals surface area contributed by atoms with Crippen molar-refractivity contribution in [2.45, 2.75) is 6.61 Å². The molecule has 0 aliphatic heterocycles. The van der Waals surface area contributed by atoms with Gasteiger partial charge >= 0.3 is 6.09 Å². The normalized spacial score (nSPS) is 9.73. The molecule has 0 unspecified atom stereocenters. The van der Waals surface area contributed by atoms with E-state index >= 15 is 0 Å². The maximum atomic E-state index is 11.0. The highest BCUT2D eigenvalue weighted by atomic mass is 35.5. The van der Waals surface area contributed by atoms with Crippen LogP contribution in [-0.2, 0) is 11.3 Å². The Balaban J connectivity index is 2.33. The van der Waals surface area contributed by atoms with Crippen LogP contribution >= 0.6 is 11.6 Å². The third kappa shape index (κ3) is 4.67. The molecule has 0 aromatic heterocycles. The standard InChI is InChI=1S/C10H12ClNO3/c11-9-3-1-2-8(6-9)7-15-10(14)12-4-5-13/h1-3,6,13H,4-5,7H2,(H,12,14). The van der Waals surface area contributed by atoms with E-state index in [0.717, 1.165) is 5.56 Å². The lowest BCUT2D eigenvalue weighted by atomic mass is 10.2. The number of hydrogen-bond acceptors (Lipinski definition) is 3. The highest BCUT2D eigenvalue weighted by Crippen LogP contribution is 2.11. The van der Waals surface area contributed by atoms with Crippen LogP contribution in [0.15, 0.2) is 24.3 Å². The molecule has 5 heteroatoms. The summed E-state index contributed by atoms with van der Waals surface area (Å²) < 4.78 is 4.87. The average Bonchev–Trinajstić information content (AvgIpc) is 2.23. The number of benzene rings is 1. The van der Waals surface area contributed by atoms with E-state index in [1.165, 1.54) is 0 Å². The zero-order valence-corrected chi connectivity index (χ0v) is 8.83. The molecule has 15 heavy (non-hydrogen) atoms. The molecule has 0 bridgehead atoms. The van der Waals surface area contributed by atoms with Crippen LogP contribution in [0.3, 0.4) is 0 Å². The molecule has 1 amide bonds. The number of nitrogens with one attached hydrogen (secondary N) is 1. The van der Waals surface area contributed by atoms with E-state index < -0.39 is 6.09 Å². The Bertz CT molecular complexity index is 330. The molecule has 1 rings (SSSR count). The first-order valence-electron chi connectivity index (χ1n) is 4.48. The van der Waals surface area contributed by atoms with E-state index in [1.807, 2.05) is 6.07 Å². The first-order chi connectivity index (χ1) is 7.22. The van der Waals surface area contributed by atoms with Gasteiger partial charge in [-0.05, 0) is 17.7 Å². The van der Waals surface area contributed by atoms with Gasteiger partial charge in [-0.2, -0.15) is 0 Å². The lowest BCUT2D eigenvalue weighted by Crippen LogP contribution is -2.26. The minimum Gasteiger partial charge on any atom is -0.445 e. The zero-order valence-electron chi connectivity index (χ0n) is 8.07. The Morgan fingerprint density at radius 2 is 2.33 bits per heavy atom. The highest BCUT2D eigenvalue weighted by Gasteiger charge is 2.01. The van der Waals surface area contributed by atoms with Crippen molar-refractivity contribution in [3.8, 4) is 0 Å². The molecule has 1 aromatic rings. The molecular weight excluding hydrogens is 218 g/mol. The fourth-order valence-electron chi connectivity index (χ4n) is 0.985. The van der Waals surface area contributed by atoms with Crippen LogP contribution in [0, 0.1) is 0 Å². The lowest BCUT2D eigenvalue weighted by molar-refractivity contribution is 0.137. The molecule has 0 saturated carbocycles. The van der Waals surface area contributed by atoms with Crippen molar-refractivity contribution in [2.75, 3.05) is 13.2 Å². The fourth-order valence-corrected chi connectivity index (χ4v) is 1.20. The Kier molecular flexibility index (Phi) is 4.93. The first kappa shape index (κ1) is 11.8. The molecule has 0 radical (unpaired) electrons. The fraction of sp³-hybridized carbons (Fsp3) is 0.300. The van der Waals surface area contributed by atoms with Gasteiger partial charge in [0.25, 0.3) is 0 Å². The number of halogens is 1. The van der Waals surface area contributed by atoms with Gasteiger partial charge in [-0.3, -0.25) is 0 Å². The number of alkyl carbamates (subject to hydrolysis) is 1. The summed E-state index contributed by atoms with van der Waals surface area (Å²) >= 11 is 5.75. The molecule has 0 heterocycles. The van der Waals surface area contributed by atoms with Gasteiger partial charge in [-0.25, -0.2) is 4.79 Å². The van der Waals surface area contributed by atoms with Crippen molar-refractivity contribution in [1.29, 1.82) is 0 Å². The van der Waals surface area contributed by atoms with Gasteiger partial charge in [0.15, 0.2) is 0 Å². The van der Waals surface area contributed by atoms with Crippen molar-refractivity contribution >= 4 is 17.7 Å². The Hall–Kier alpha value is -1.26. The smallest absolute Gasteiger partial charge is 0.407 e. The number of aliphatic hydroxyl groups excluding tert-OH is 1. The maximum Gasteiger partial charge on any atom is 0.407 e. The van der Waals surface area contributed by atoms with E-state index in [-0.39, 0.29) is 19.8 Å². The Labute approximate surface area is 92.8 Å². The SMILES string of the molecule is O=C(NCCO)OCc1cccc(Cl)c1. The highest BCUT2D eigenvalue weighted by molar-refractivity contribution is 6.30. The number of amides is 1. The zero-order chi connectivity index (χ0) is 11.1. The van der Waals surface area contributed by atoms with Crippen LogP contribution in [0.25, 0.3) is 0 Å². The quantitative estimate of drug-likeness (QED) is 0.824. The van der Waals surface area contributed by atoms with Gasteiger partial charge in [0, 0.05) is 11.6 Å². The van der Waals surface area contributed by atoms with Crippen LogP contribution in [-0.4, -0.2) is 24.4 Å². The third-order valence-electron chi connectivity index (χ3n) is 1.64. The third-order valence-corrected chi connectivity index (χ3v) is 1.88. The van der Waals surface area contributed by atoms with E-state index in [9.17, 15) is 4.79 Å². The van der Waals surface area contributed by atoms with Crippen LogP contribution in [0.4, 0.5) is 4.79 Å². The molecule has 4 nitrogen and oxygen atoms in total. The molecule has 0 aliphatic carbocycles. The minimum absolute atomic E-state index is 0.105. The predicted molar refractivity (Wildman–Crippen MR) is 56.7 cm³/mol. The van der Waals surface area contributed by atoms with Gasteiger partial charge in [0.05, 0.1) is 6.61 Å². The summed E-state index contributed by atoms with van der Waals surface area (Å²) in [6, 6.07) is 7.07. The summed E-state index contributed by atoms with van der Waals surface area (Å²) in [4.78, 5) is 11.0. The molecule has 0 spiro atoms. The summed E-state index contributed by atoms with van der Waals surface area (Å²) in [7, 11) is 0. The number of rotatable bonds is 4. The van der Waals surface area contributed by atoms with Crippen molar-refractivity contribution in [2.24, 2.45) is 0 Å². The van der Waals surface area contributed by atoms with Crippen molar-refractivity contribution < 1.29 is 14.6 Å². The van der Waals surface area contributed by atoms with E-state index in [4.69, 9.17) is 21.4 Å². The summed E-state index contributed by atoms with van der Waals surface area (Å²) in [5.74, 6) is 0. The van der Waals surface area contributed by atoms with Gasteiger partial charge in [0.1, 0.15) is 6.61 Å². The second-order valence-electron chi connectivity index (χ2n) is 2.86. The molecule has 0 fully saturated rings. The molecule has 0 atom stereocenters.